The Balaban J connectivity index is -0.000000458. The summed E-state index contributed by atoms with van der Waals surface area (Å²) in [5.41, 5.74) is 0. The average Bonchev–Trinajstić information content (AvgIpc) is 2.57. The van der Waals surface area contributed by atoms with E-state index in [1.807, 2.05) is 0 Å². The highest BCUT2D eigenvalue weighted by atomic mass is 16.5. The third-order valence-corrected chi connectivity index (χ3v) is 4.88. The second-order valence-electron chi connectivity index (χ2n) is 7.54. The van der Waals surface area contributed by atoms with Crippen LogP contribution in [0.4, 0.5) is 0 Å². The summed E-state index contributed by atoms with van der Waals surface area (Å²) in [6.07, 6.45) is 9.63. The Bertz CT molecular complexity index is 232. The van der Waals surface area contributed by atoms with Crippen molar-refractivity contribution in [2.45, 2.75) is 107 Å². The van der Waals surface area contributed by atoms with E-state index in [1.165, 1.54) is 59.0 Å². The zero-order chi connectivity index (χ0) is 19.5. The first-order valence-corrected chi connectivity index (χ1v) is 10.2. The second kappa shape index (κ2) is 20.5. The molecule has 0 aliphatic heterocycles. The number of rotatable bonds is 9. The zero-order valence-corrected chi connectivity index (χ0v) is 18.6. The first-order valence-electron chi connectivity index (χ1n) is 10.2. The molecule has 0 saturated carbocycles. The fraction of sp³-hybridized carbons (Fsp3) is 0.955. The summed E-state index contributed by atoms with van der Waals surface area (Å²) in [4.78, 5) is 9.59. The molecule has 0 amide bonds. The van der Waals surface area contributed by atoms with E-state index in [4.69, 9.17) is 0 Å². The second-order valence-corrected chi connectivity index (χ2v) is 7.54. The fourth-order valence-electron chi connectivity index (χ4n) is 2.07. The first kappa shape index (κ1) is 28.3. The van der Waals surface area contributed by atoms with Gasteiger partial charge in [-0.05, 0) is 23.7 Å². The van der Waals surface area contributed by atoms with Crippen LogP contribution in [0.1, 0.15) is 107 Å². The molecule has 0 aliphatic carbocycles. The summed E-state index contributed by atoms with van der Waals surface area (Å²) in [6.45, 7) is 19.9. The minimum atomic E-state index is -0.245. The summed E-state index contributed by atoms with van der Waals surface area (Å²) < 4.78 is 4.11. The Morgan fingerprint density at radius 2 is 1.00 bits per heavy atom. The molecule has 0 N–H and O–H groups in total. The van der Waals surface area contributed by atoms with Crippen LogP contribution in [0.5, 0.6) is 0 Å². The maximum Gasteiger partial charge on any atom is 0.302 e. The molecule has 0 spiro atoms. The average molecular weight is 345 g/mol. The Morgan fingerprint density at radius 3 is 1.17 bits per heavy atom. The lowest BCUT2D eigenvalue weighted by molar-refractivity contribution is -0.137. The molecular weight excluding hydrogens is 296 g/mol. The largest absolute Gasteiger partial charge is 0.469 e. The Labute approximate surface area is 154 Å². The van der Waals surface area contributed by atoms with Crippen molar-refractivity contribution >= 4 is 5.97 Å². The van der Waals surface area contributed by atoms with Crippen molar-refractivity contribution in [3.63, 3.8) is 0 Å². The van der Waals surface area contributed by atoms with Crippen molar-refractivity contribution in [1.29, 1.82) is 0 Å². The lowest BCUT2D eigenvalue weighted by Gasteiger charge is -2.22. The Kier molecular flexibility index (Phi) is 24.2. The predicted octanol–water partition coefficient (Wildman–Crippen LogP) is 7.51. The van der Waals surface area contributed by atoms with E-state index in [1.54, 1.807) is 0 Å². The predicted molar refractivity (Wildman–Crippen MR) is 109 cm³/mol. The molecular formula is C22H48O2. The van der Waals surface area contributed by atoms with Gasteiger partial charge in [-0.15, -0.1) is 0 Å². The van der Waals surface area contributed by atoms with E-state index >= 15 is 0 Å². The normalized spacial score (nSPS) is 14.9. The van der Waals surface area contributed by atoms with Crippen molar-refractivity contribution in [3.05, 3.63) is 0 Å². The molecule has 0 radical (unpaired) electrons. The van der Waals surface area contributed by atoms with Crippen LogP contribution in [-0.2, 0) is 9.53 Å². The van der Waals surface area contributed by atoms with Crippen LogP contribution in [0, 0.1) is 23.7 Å². The summed E-state index contributed by atoms with van der Waals surface area (Å²) in [7, 11) is 1.35. The Morgan fingerprint density at radius 1 is 0.750 bits per heavy atom. The van der Waals surface area contributed by atoms with Gasteiger partial charge in [-0.2, -0.15) is 0 Å². The molecule has 2 heteroatoms. The maximum atomic E-state index is 9.59. The molecule has 0 saturated heterocycles. The molecule has 0 fully saturated rings. The van der Waals surface area contributed by atoms with Crippen molar-refractivity contribution in [2.24, 2.45) is 23.7 Å². The van der Waals surface area contributed by atoms with Crippen LogP contribution in [0.2, 0.25) is 0 Å². The van der Waals surface area contributed by atoms with Crippen molar-refractivity contribution < 1.29 is 9.53 Å². The van der Waals surface area contributed by atoms with Crippen molar-refractivity contribution in [2.75, 3.05) is 7.11 Å². The highest BCUT2D eigenvalue weighted by Crippen LogP contribution is 2.26. The molecule has 4 unspecified atom stereocenters. The van der Waals surface area contributed by atoms with Gasteiger partial charge in [-0.25, -0.2) is 0 Å². The number of carbonyl (C=O) groups is 1. The molecule has 0 aliphatic rings. The smallest absolute Gasteiger partial charge is 0.302 e. The van der Waals surface area contributed by atoms with Gasteiger partial charge in [0.2, 0.25) is 0 Å². The van der Waals surface area contributed by atoms with Gasteiger partial charge >= 0.3 is 5.97 Å². The number of hydrogen-bond donors (Lipinski definition) is 0. The van der Waals surface area contributed by atoms with Crippen LogP contribution in [0.15, 0.2) is 0 Å². The van der Waals surface area contributed by atoms with Gasteiger partial charge in [0.05, 0.1) is 7.11 Å². The van der Waals surface area contributed by atoms with E-state index in [9.17, 15) is 4.79 Å². The number of esters is 1. The summed E-state index contributed by atoms with van der Waals surface area (Å²) in [5.74, 6) is 3.43. The van der Waals surface area contributed by atoms with Crippen molar-refractivity contribution in [3.8, 4) is 0 Å². The minimum Gasteiger partial charge on any atom is -0.469 e. The zero-order valence-electron chi connectivity index (χ0n) is 18.6. The fourth-order valence-corrected chi connectivity index (χ4v) is 2.07. The summed E-state index contributed by atoms with van der Waals surface area (Å²) in [5, 5.41) is 0. The summed E-state index contributed by atoms with van der Waals surface area (Å²) in [6, 6.07) is 0. The van der Waals surface area contributed by atoms with Crippen LogP contribution in [0.3, 0.4) is 0 Å². The number of carbonyl (C=O) groups excluding carboxylic acids is 1. The molecule has 0 aromatic rings. The lowest BCUT2D eigenvalue weighted by Crippen LogP contribution is -2.11. The lowest BCUT2D eigenvalue weighted by atomic mass is 9.84. The summed E-state index contributed by atoms with van der Waals surface area (Å²) >= 11 is 0. The molecule has 0 bridgehead atoms. The molecule has 0 rings (SSSR count). The van der Waals surface area contributed by atoms with E-state index < -0.39 is 0 Å². The van der Waals surface area contributed by atoms with Crippen LogP contribution in [0.25, 0.3) is 0 Å². The number of ether oxygens (including phenoxy) is 1. The first-order chi connectivity index (χ1) is 11.2. The number of methoxy groups -OCH3 is 1. The standard InChI is InChI=1S/C16H34.C3H6O2.C3H8/c1-7-13(3)9-11-15(5)16(6)12-10-14(4)8-2;1-3(4)5-2;1-3-2/h13-16H,7-12H2,1-6H3;1-2H3;3H2,1-2H3. The van der Waals surface area contributed by atoms with Gasteiger partial charge in [-0.3, -0.25) is 4.79 Å². The molecule has 2 nitrogen and oxygen atoms in total. The SMILES string of the molecule is CCC.CCC(C)CCC(C)C(C)CCC(C)CC.COC(C)=O. The molecule has 24 heavy (non-hydrogen) atoms. The van der Waals surface area contributed by atoms with Crippen LogP contribution < -0.4 is 0 Å². The highest BCUT2D eigenvalue weighted by molar-refractivity contribution is 5.65. The topological polar surface area (TPSA) is 26.3 Å². The van der Waals surface area contributed by atoms with Crippen LogP contribution >= 0.6 is 0 Å². The van der Waals surface area contributed by atoms with E-state index in [0.717, 1.165) is 23.7 Å². The molecule has 0 aromatic heterocycles. The molecule has 148 valence electrons. The van der Waals surface area contributed by atoms with E-state index in [2.05, 4.69) is 60.1 Å². The monoisotopic (exact) mass is 344 g/mol. The maximum absolute atomic E-state index is 9.59. The third-order valence-electron chi connectivity index (χ3n) is 4.88. The van der Waals surface area contributed by atoms with Crippen LogP contribution in [-0.4, -0.2) is 13.1 Å². The highest BCUT2D eigenvalue weighted by Gasteiger charge is 2.14. The van der Waals surface area contributed by atoms with Gasteiger partial charge in [0.15, 0.2) is 0 Å². The molecule has 4 atom stereocenters. The van der Waals surface area contributed by atoms with Gasteiger partial charge in [0.1, 0.15) is 0 Å². The molecule has 0 aromatic carbocycles. The number of hydrogen-bond acceptors (Lipinski definition) is 2. The van der Waals surface area contributed by atoms with Gasteiger partial charge < -0.3 is 4.74 Å². The Hall–Kier alpha value is -0.530. The van der Waals surface area contributed by atoms with Gasteiger partial charge in [0.25, 0.3) is 0 Å². The third kappa shape index (κ3) is 23.7. The van der Waals surface area contributed by atoms with E-state index in [-0.39, 0.29) is 5.97 Å². The molecule has 0 heterocycles. The quantitative estimate of drug-likeness (QED) is 0.404. The van der Waals surface area contributed by atoms with E-state index in [0.29, 0.717) is 0 Å². The minimum absolute atomic E-state index is 0.245. The van der Waals surface area contributed by atoms with Gasteiger partial charge in [-0.1, -0.05) is 100 Å². The van der Waals surface area contributed by atoms with Gasteiger partial charge in [0, 0.05) is 6.92 Å². The van der Waals surface area contributed by atoms with Crippen molar-refractivity contribution in [1.82, 2.24) is 0 Å².